The molecule has 5 nitrogen and oxygen atoms in total. The van der Waals surface area contributed by atoms with Crippen LogP contribution in [0.5, 0.6) is 11.5 Å². The molecule has 1 rings (SSSR count). The number of amides is 1. The summed E-state index contributed by atoms with van der Waals surface area (Å²) >= 11 is 0. The van der Waals surface area contributed by atoms with Gasteiger partial charge in [0.2, 0.25) is 0 Å². The van der Waals surface area contributed by atoms with Crippen LogP contribution in [0, 0.1) is 0 Å². The van der Waals surface area contributed by atoms with Crippen LogP contribution < -0.4 is 14.8 Å². The van der Waals surface area contributed by atoms with Gasteiger partial charge in [0.05, 0.1) is 6.61 Å². The van der Waals surface area contributed by atoms with Crippen LogP contribution in [0.1, 0.15) is 44.5 Å². The van der Waals surface area contributed by atoms with Crippen LogP contribution in [-0.2, 0) is 4.79 Å². The Labute approximate surface area is 125 Å². The van der Waals surface area contributed by atoms with E-state index in [-0.39, 0.29) is 11.9 Å². The number of rotatable bonds is 8. The summed E-state index contributed by atoms with van der Waals surface area (Å²) in [5.74, 6) is 0.741. The molecule has 0 saturated carbocycles. The first kappa shape index (κ1) is 17.0. The van der Waals surface area contributed by atoms with Crippen molar-refractivity contribution in [3.05, 3.63) is 23.8 Å². The summed E-state index contributed by atoms with van der Waals surface area (Å²) in [6.07, 6.45) is 0.961. The number of hydrogen-bond donors (Lipinski definition) is 1. The Bertz CT molecular complexity index is 487. The van der Waals surface area contributed by atoms with Crippen LogP contribution in [-0.4, -0.2) is 30.9 Å². The van der Waals surface area contributed by atoms with Gasteiger partial charge in [-0.1, -0.05) is 6.92 Å². The van der Waals surface area contributed by atoms with E-state index in [1.165, 1.54) is 0 Å². The number of aldehydes is 1. The molecule has 116 valence electrons. The van der Waals surface area contributed by atoms with Crippen LogP contribution >= 0.6 is 0 Å². The number of carbonyl (C=O) groups is 2. The Morgan fingerprint density at radius 1 is 1.29 bits per heavy atom. The summed E-state index contributed by atoms with van der Waals surface area (Å²) in [5, 5.41) is 2.86. The number of carbonyl (C=O) groups excluding carboxylic acids is 2. The van der Waals surface area contributed by atoms with Crippen LogP contribution in [0.25, 0.3) is 0 Å². The van der Waals surface area contributed by atoms with Crippen molar-refractivity contribution in [2.24, 2.45) is 0 Å². The first-order valence-electron chi connectivity index (χ1n) is 7.20. The number of nitrogens with one attached hydrogen (secondary N) is 1. The van der Waals surface area contributed by atoms with E-state index in [1.807, 2.05) is 20.8 Å². The largest absolute Gasteiger partial charge is 0.490 e. The molecule has 21 heavy (non-hydrogen) atoms. The molecule has 1 amide bonds. The SMILES string of the molecule is CCOc1cc(C=O)ccc1OC(C)C(=O)NC(C)CC. The van der Waals surface area contributed by atoms with Crippen molar-refractivity contribution in [2.45, 2.75) is 46.3 Å². The number of ether oxygens (including phenoxy) is 2. The predicted molar refractivity (Wildman–Crippen MR) is 81.0 cm³/mol. The minimum absolute atomic E-state index is 0.104. The zero-order valence-electron chi connectivity index (χ0n) is 13.0. The summed E-state index contributed by atoms with van der Waals surface area (Å²) < 4.78 is 11.1. The molecule has 0 radical (unpaired) electrons. The third-order valence-electron chi connectivity index (χ3n) is 3.08. The van der Waals surface area contributed by atoms with Gasteiger partial charge >= 0.3 is 0 Å². The van der Waals surface area contributed by atoms with Crippen molar-refractivity contribution >= 4 is 12.2 Å². The number of hydrogen-bond acceptors (Lipinski definition) is 4. The van der Waals surface area contributed by atoms with Gasteiger partial charge in [-0.15, -0.1) is 0 Å². The van der Waals surface area contributed by atoms with Gasteiger partial charge < -0.3 is 14.8 Å². The Morgan fingerprint density at radius 2 is 2.00 bits per heavy atom. The Balaban J connectivity index is 2.81. The molecular formula is C16H23NO4. The topological polar surface area (TPSA) is 64.6 Å². The minimum Gasteiger partial charge on any atom is -0.490 e. The quantitative estimate of drug-likeness (QED) is 0.748. The third kappa shape index (κ3) is 5.10. The molecule has 1 aromatic rings. The molecule has 0 spiro atoms. The maximum absolute atomic E-state index is 12.0. The highest BCUT2D eigenvalue weighted by molar-refractivity contribution is 5.81. The fourth-order valence-corrected chi connectivity index (χ4v) is 1.67. The molecule has 0 aliphatic carbocycles. The maximum atomic E-state index is 12.0. The summed E-state index contributed by atoms with van der Waals surface area (Å²) in [5.41, 5.74) is 0.502. The zero-order chi connectivity index (χ0) is 15.8. The molecule has 0 heterocycles. The molecule has 1 aromatic carbocycles. The van der Waals surface area contributed by atoms with Gasteiger partial charge in [0, 0.05) is 11.6 Å². The average molecular weight is 293 g/mol. The fraction of sp³-hybridized carbons (Fsp3) is 0.500. The van der Waals surface area contributed by atoms with Gasteiger partial charge in [-0.25, -0.2) is 0 Å². The number of benzene rings is 1. The second kappa shape index (κ2) is 8.29. The lowest BCUT2D eigenvalue weighted by atomic mass is 10.2. The van der Waals surface area contributed by atoms with Crippen molar-refractivity contribution in [3.8, 4) is 11.5 Å². The molecule has 2 unspecified atom stereocenters. The Hall–Kier alpha value is -2.04. The van der Waals surface area contributed by atoms with E-state index in [4.69, 9.17) is 9.47 Å². The lowest BCUT2D eigenvalue weighted by molar-refractivity contribution is -0.127. The normalized spacial score (nSPS) is 13.1. The van der Waals surface area contributed by atoms with E-state index in [2.05, 4.69) is 5.32 Å². The first-order chi connectivity index (χ1) is 10.0. The van der Waals surface area contributed by atoms with Gasteiger partial charge in [0.25, 0.3) is 5.91 Å². The highest BCUT2D eigenvalue weighted by Gasteiger charge is 2.18. The Morgan fingerprint density at radius 3 is 2.57 bits per heavy atom. The zero-order valence-corrected chi connectivity index (χ0v) is 13.0. The lowest BCUT2D eigenvalue weighted by Gasteiger charge is -2.19. The van der Waals surface area contributed by atoms with E-state index in [0.717, 1.165) is 12.7 Å². The molecule has 0 aromatic heterocycles. The molecule has 5 heteroatoms. The van der Waals surface area contributed by atoms with Crippen molar-refractivity contribution in [3.63, 3.8) is 0 Å². The highest BCUT2D eigenvalue weighted by atomic mass is 16.5. The molecule has 0 aliphatic rings. The molecular weight excluding hydrogens is 270 g/mol. The predicted octanol–water partition coefficient (Wildman–Crippen LogP) is 2.58. The van der Waals surface area contributed by atoms with Crippen molar-refractivity contribution in [1.82, 2.24) is 5.32 Å². The van der Waals surface area contributed by atoms with Gasteiger partial charge in [-0.2, -0.15) is 0 Å². The molecule has 1 N–H and O–H groups in total. The monoisotopic (exact) mass is 293 g/mol. The first-order valence-corrected chi connectivity index (χ1v) is 7.20. The lowest BCUT2D eigenvalue weighted by Crippen LogP contribution is -2.41. The van der Waals surface area contributed by atoms with Gasteiger partial charge in [0.15, 0.2) is 17.6 Å². The van der Waals surface area contributed by atoms with E-state index in [0.29, 0.717) is 23.7 Å². The third-order valence-corrected chi connectivity index (χ3v) is 3.08. The average Bonchev–Trinajstić information content (AvgIpc) is 2.48. The molecule has 0 saturated heterocycles. The standard InChI is InChI=1S/C16H23NO4/c1-5-11(3)17-16(19)12(4)21-14-8-7-13(10-18)9-15(14)20-6-2/h7-12H,5-6H2,1-4H3,(H,17,19). The van der Waals surface area contributed by atoms with Crippen molar-refractivity contribution in [1.29, 1.82) is 0 Å². The maximum Gasteiger partial charge on any atom is 0.260 e. The van der Waals surface area contributed by atoms with Crippen LogP contribution in [0.15, 0.2) is 18.2 Å². The molecule has 0 fully saturated rings. The Kier molecular flexibility index (Phi) is 6.72. The van der Waals surface area contributed by atoms with Crippen molar-refractivity contribution < 1.29 is 19.1 Å². The smallest absolute Gasteiger partial charge is 0.260 e. The van der Waals surface area contributed by atoms with Crippen molar-refractivity contribution in [2.75, 3.05) is 6.61 Å². The molecule has 2 atom stereocenters. The van der Waals surface area contributed by atoms with Crippen LogP contribution in [0.2, 0.25) is 0 Å². The fourth-order valence-electron chi connectivity index (χ4n) is 1.67. The summed E-state index contributed by atoms with van der Waals surface area (Å²) in [6.45, 7) is 7.92. The second-order valence-electron chi connectivity index (χ2n) is 4.84. The van der Waals surface area contributed by atoms with Crippen LogP contribution in [0.4, 0.5) is 0 Å². The van der Waals surface area contributed by atoms with Gasteiger partial charge in [-0.3, -0.25) is 9.59 Å². The van der Waals surface area contributed by atoms with Gasteiger partial charge in [0.1, 0.15) is 6.29 Å². The van der Waals surface area contributed by atoms with E-state index in [1.54, 1.807) is 25.1 Å². The molecule has 0 bridgehead atoms. The summed E-state index contributed by atoms with van der Waals surface area (Å²) in [4.78, 5) is 22.8. The molecule has 0 aliphatic heterocycles. The van der Waals surface area contributed by atoms with E-state index >= 15 is 0 Å². The van der Waals surface area contributed by atoms with E-state index < -0.39 is 6.10 Å². The summed E-state index contributed by atoms with van der Waals surface area (Å²) in [6, 6.07) is 4.98. The van der Waals surface area contributed by atoms with Crippen LogP contribution in [0.3, 0.4) is 0 Å². The summed E-state index contributed by atoms with van der Waals surface area (Å²) in [7, 11) is 0. The van der Waals surface area contributed by atoms with Gasteiger partial charge in [-0.05, 0) is 45.4 Å². The second-order valence-corrected chi connectivity index (χ2v) is 4.84. The minimum atomic E-state index is -0.639. The highest BCUT2D eigenvalue weighted by Crippen LogP contribution is 2.29. The van der Waals surface area contributed by atoms with E-state index in [9.17, 15) is 9.59 Å².